The molecule has 1 aromatic carbocycles. The molecule has 34 heavy (non-hydrogen) atoms. The molecule has 4 rings (SSSR count). The Hall–Kier alpha value is -3.59. The van der Waals surface area contributed by atoms with Gasteiger partial charge in [-0.3, -0.25) is 9.78 Å². The van der Waals surface area contributed by atoms with Crippen molar-refractivity contribution in [1.29, 1.82) is 5.41 Å². The normalized spacial score (nSPS) is 18.2. The van der Waals surface area contributed by atoms with Crippen LogP contribution in [0.15, 0.2) is 63.8 Å². The fourth-order valence-corrected chi connectivity index (χ4v) is 3.80. The minimum absolute atomic E-state index is 0.0795. The van der Waals surface area contributed by atoms with Crippen LogP contribution in [0.4, 0.5) is 8.78 Å². The Morgan fingerprint density at radius 1 is 1.21 bits per heavy atom. The van der Waals surface area contributed by atoms with E-state index in [1.807, 2.05) is 6.92 Å². The summed E-state index contributed by atoms with van der Waals surface area (Å²) in [7, 11) is 0. The monoisotopic (exact) mass is 485 g/mol. The quantitative estimate of drug-likeness (QED) is 0.664. The van der Waals surface area contributed by atoms with E-state index in [2.05, 4.69) is 15.3 Å². The highest BCUT2D eigenvalue weighted by molar-refractivity contribution is 6.43. The average molecular weight is 486 g/mol. The van der Waals surface area contributed by atoms with Gasteiger partial charge in [0.15, 0.2) is 0 Å². The molecule has 0 spiro atoms. The van der Waals surface area contributed by atoms with Crippen LogP contribution in [-0.4, -0.2) is 46.9 Å². The molecule has 1 aromatic heterocycles. The summed E-state index contributed by atoms with van der Waals surface area (Å²) >= 11 is 6.18. The zero-order chi connectivity index (χ0) is 24.4. The smallest absolute Gasteiger partial charge is 0.258 e. The SMILES string of the molecule is CC1=N/C(=C2\CN(C(=O)c3ccc(F)cc3OCCc3cncc(F)c3)CC2=N)NC(C)=C1Cl. The molecular formula is C24H22ClF2N5O2. The largest absolute Gasteiger partial charge is 0.492 e. The van der Waals surface area contributed by atoms with Gasteiger partial charge in [0.25, 0.3) is 5.91 Å². The second kappa shape index (κ2) is 9.72. The van der Waals surface area contributed by atoms with Crippen molar-refractivity contribution in [2.75, 3.05) is 19.7 Å². The highest BCUT2D eigenvalue weighted by Crippen LogP contribution is 2.27. The number of nitrogens with one attached hydrogen (secondary N) is 2. The summed E-state index contributed by atoms with van der Waals surface area (Å²) in [5.41, 5.74) is 2.97. The number of pyridine rings is 1. The molecule has 2 aliphatic rings. The predicted molar refractivity (Wildman–Crippen MR) is 125 cm³/mol. The zero-order valence-corrected chi connectivity index (χ0v) is 19.3. The van der Waals surface area contributed by atoms with Gasteiger partial charge in [-0.2, -0.15) is 0 Å². The van der Waals surface area contributed by atoms with Crippen molar-refractivity contribution in [3.8, 4) is 5.75 Å². The lowest BCUT2D eigenvalue weighted by molar-refractivity contribution is 0.0799. The maximum absolute atomic E-state index is 13.9. The molecule has 0 saturated carbocycles. The number of nitrogens with zero attached hydrogens (tertiary/aromatic N) is 3. The van der Waals surface area contributed by atoms with Gasteiger partial charge in [0.1, 0.15) is 23.2 Å². The Morgan fingerprint density at radius 2 is 2.00 bits per heavy atom. The molecule has 7 nitrogen and oxygen atoms in total. The molecule has 3 heterocycles. The number of carbonyl (C=O) groups is 1. The van der Waals surface area contributed by atoms with Gasteiger partial charge in [-0.1, -0.05) is 11.6 Å². The molecule has 1 saturated heterocycles. The molecule has 2 aromatic rings. The van der Waals surface area contributed by atoms with E-state index in [4.69, 9.17) is 21.7 Å². The predicted octanol–water partition coefficient (Wildman–Crippen LogP) is 4.20. The van der Waals surface area contributed by atoms with Crippen LogP contribution >= 0.6 is 11.6 Å². The van der Waals surface area contributed by atoms with Crippen molar-refractivity contribution in [3.63, 3.8) is 0 Å². The third-order valence-corrected chi connectivity index (χ3v) is 6.01. The van der Waals surface area contributed by atoms with Crippen LogP contribution in [0.5, 0.6) is 5.75 Å². The lowest BCUT2D eigenvalue weighted by Crippen LogP contribution is -2.29. The minimum atomic E-state index is -0.550. The molecule has 2 N–H and O–H groups in total. The Balaban J connectivity index is 1.51. The lowest BCUT2D eigenvalue weighted by Gasteiger charge is -2.19. The van der Waals surface area contributed by atoms with Crippen molar-refractivity contribution in [3.05, 3.63) is 81.5 Å². The van der Waals surface area contributed by atoms with Gasteiger partial charge in [0, 0.05) is 30.0 Å². The summed E-state index contributed by atoms with van der Waals surface area (Å²) in [6, 6.07) is 5.03. The second-order valence-corrected chi connectivity index (χ2v) is 8.36. The number of aliphatic imine (C=N–C) groups is 1. The van der Waals surface area contributed by atoms with Crippen molar-refractivity contribution in [2.45, 2.75) is 20.3 Å². The number of aromatic nitrogens is 1. The maximum atomic E-state index is 13.9. The first-order valence-corrected chi connectivity index (χ1v) is 10.9. The molecule has 0 aliphatic carbocycles. The molecule has 1 amide bonds. The lowest BCUT2D eigenvalue weighted by atomic mass is 10.1. The number of allylic oxidation sites excluding steroid dienone is 2. The van der Waals surface area contributed by atoms with Crippen LogP contribution in [0.3, 0.4) is 0 Å². The number of halogens is 3. The van der Waals surface area contributed by atoms with Gasteiger partial charge in [0.2, 0.25) is 0 Å². The number of rotatable bonds is 5. The van der Waals surface area contributed by atoms with E-state index >= 15 is 0 Å². The highest BCUT2D eigenvalue weighted by atomic mass is 35.5. The van der Waals surface area contributed by atoms with Crippen LogP contribution in [0.1, 0.15) is 29.8 Å². The number of likely N-dealkylation sites (tertiary alicyclic amines) is 1. The molecule has 176 valence electrons. The van der Waals surface area contributed by atoms with Crippen LogP contribution < -0.4 is 10.1 Å². The molecule has 0 unspecified atom stereocenters. The zero-order valence-electron chi connectivity index (χ0n) is 18.6. The third-order valence-electron chi connectivity index (χ3n) is 5.45. The van der Waals surface area contributed by atoms with Gasteiger partial charge in [0.05, 0.1) is 47.9 Å². The van der Waals surface area contributed by atoms with Crippen molar-refractivity contribution in [1.82, 2.24) is 15.2 Å². The summed E-state index contributed by atoms with van der Waals surface area (Å²) in [4.78, 5) is 23.0. The van der Waals surface area contributed by atoms with Crippen LogP contribution in [0, 0.1) is 17.0 Å². The number of amides is 1. The molecule has 0 atom stereocenters. The summed E-state index contributed by atoms with van der Waals surface area (Å²) in [5, 5.41) is 12.0. The summed E-state index contributed by atoms with van der Waals surface area (Å²) < 4.78 is 32.9. The number of ether oxygens (including phenoxy) is 1. The van der Waals surface area contributed by atoms with Crippen molar-refractivity contribution in [2.24, 2.45) is 4.99 Å². The van der Waals surface area contributed by atoms with Crippen LogP contribution in [0.2, 0.25) is 0 Å². The summed E-state index contributed by atoms with van der Waals surface area (Å²) in [6.07, 6.45) is 2.95. The van der Waals surface area contributed by atoms with E-state index in [1.165, 1.54) is 29.3 Å². The molecule has 10 heteroatoms. The third kappa shape index (κ3) is 4.99. The number of carbonyl (C=O) groups excluding carboxylic acids is 1. The average Bonchev–Trinajstić information content (AvgIpc) is 3.18. The summed E-state index contributed by atoms with van der Waals surface area (Å²) in [6.45, 7) is 3.93. The first kappa shape index (κ1) is 23.6. The van der Waals surface area contributed by atoms with E-state index in [9.17, 15) is 13.6 Å². The number of hydrogen-bond donors (Lipinski definition) is 2. The van der Waals surface area contributed by atoms with Gasteiger partial charge in [-0.25, -0.2) is 13.8 Å². The standard InChI is InChI=1S/C24H22ClF2N5O2/c1-13-22(25)14(2)31-23(30-13)19-11-32(12-20(19)28)24(33)18-4-3-16(26)8-21(18)34-6-5-15-7-17(27)10-29-9-15/h3-4,7-10,28,30H,5-6,11-12H2,1-2H3/b23-19+,28-20?. The van der Waals surface area contributed by atoms with Crippen molar-refractivity contribution < 1.29 is 18.3 Å². The van der Waals surface area contributed by atoms with E-state index in [-0.39, 0.29) is 36.7 Å². The first-order valence-electron chi connectivity index (χ1n) is 10.5. The van der Waals surface area contributed by atoms with Gasteiger partial charge in [-0.15, -0.1) is 0 Å². The maximum Gasteiger partial charge on any atom is 0.258 e. The minimum Gasteiger partial charge on any atom is -0.492 e. The van der Waals surface area contributed by atoms with Gasteiger partial charge < -0.3 is 20.4 Å². The fourth-order valence-electron chi connectivity index (χ4n) is 3.72. The molecule has 0 bridgehead atoms. The second-order valence-electron chi connectivity index (χ2n) is 7.98. The Labute approximate surface area is 200 Å². The molecule has 1 fully saturated rings. The number of hydrogen-bond acceptors (Lipinski definition) is 6. The molecular weight excluding hydrogens is 464 g/mol. The van der Waals surface area contributed by atoms with E-state index in [0.29, 0.717) is 34.1 Å². The molecule has 2 aliphatic heterocycles. The molecule has 0 radical (unpaired) electrons. The Bertz CT molecular complexity index is 1270. The van der Waals surface area contributed by atoms with Crippen LogP contribution in [0.25, 0.3) is 0 Å². The highest BCUT2D eigenvalue weighted by Gasteiger charge is 2.32. The summed E-state index contributed by atoms with van der Waals surface area (Å²) in [5.74, 6) is -0.840. The van der Waals surface area contributed by atoms with E-state index in [0.717, 1.165) is 18.0 Å². The number of benzene rings is 1. The van der Waals surface area contributed by atoms with Gasteiger partial charge in [-0.05, 0) is 37.6 Å². The Morgan fingerprint density at radius 3 is 2.74 bits per heavy atom. The van der Waals surface area contributed by atoms with Crippen molar-refractivity contribution >= 4 is 28.9 Å². The van der Waals surface area contributed by atoms with Gasteiger partial charge >= 0.3 is 0 Å². The van der Waals surface area contributed by atoms with Crippen LogP contribution in [-0.2, 0) is 6.42 Å². The first-order chi connectivity index (χ1) is 16.2. The van der Waals surface area contributed by atoms with E-state index in [1.54, 1.807) is 6.92 Å². The Kier molecular flexibility index (Phi) is 6.74. The topological polar surface area (TPSA) is 90.7 Å². The fraction of sp³-hybridized carbons (Fsp3) is 0.250. The van der Waals surface area contributed by atoms with E-state index < -0.39 is 17.5 Å².